The number of carbonyl (C=O) groups is 2. The molecule has 2 aliphatic heterocycles. The van der Waals surface area contributed by atoms with Gasteiger partial charge in [0, 0.05) is 19.0 Å². The van der Waals surface area contributed by atoms with E-state index in [2.05, 4.69) is 13.8 Å². The smallest absolute Gasteiger partial charge is 0.233 e. The van der Waals surface area contributed by atoms with Crippen LogP contribution in [0, 0.1) is 11.3 Å². The summed E-state index contributed by atoms with van der Waals surface area (Å²) in [5.41, 5.74) is 0.264. The Kier molecular flexibility index (Phi) is 3.66. The molecule has 3 atom stereocenters. The monoisotopic (exact) mass is 356 g/mol. The first-order chi connectivity index (χ1) is 12.1. The van der Waals surface area contributed by atoms with E-state index >= 15 is 0 Å². The molecule has 140 valence electrons. The van der Waals surface area contributed by atoms with Gasteiger partial charge in [0.25, 0.3) is 0 Å². The first kappa shape index (κ1) is 17.4. The molecule has 1 aromatic rings. The van der Waals surface area contributed by atoms with Crippen molar-refractivity contribution in [1.82, 2.24) is 9.80 Å². The highest BCUT2D eigenvalue weighted by Crippen LogP contribution is 2.53. The molecular formula is C21H28N2O3. The molecule has 2 heterocycles. The van der Waals surface area contributed by atoms with Crippen LogP contribution < -0.4 is 0 Å². The predicted molar refractivity (Wildman–Crippen MR) is 98.6 cm³/mol. The standard InChI is InChI=1S/C21H28N2O3/c1-20(2)10-17(20)18(25)22-11-15-9-14(22)12-23(15)19(26)21(3,4)13-6-5-7-16(24)8-13/h5-8,14-15,17,24H,9-12H2,1-4H3/t14-,15-,17+/m0/s1. The van der Waals surface area contributed by atoms with Crippen molar-refractivity contribution in [1.29, 1.82) is 0 Å². The van der Waals surface area contributed by atoms with Gasteiger partial charge in [-0.1, -0.05) is 26.0 Å². The number of benzene rings is 1. The number of rotatable bonds is 3. The zero-order valence-corrected chi connectivity index (χ0v) is 16.0. The summed E-state index contributed by atoms with van der Waals surface area (Å²) in [6, 6.07) is 7.22. The third-order valence-corrected chi connectivity index (χ3v) is 6.70. The van der Waals surface area contributed by atoms with Gasteiger partial charge in [0.2, 0.25) is 11.8 Å². The fourth-order valence-electron chi connectivity index (χ4n) is 4.65. The maximum atomic E-state index is 13.2. The van der Waals surface area contributed by atoms with Gasteiger partial charge in [-0.2, -0.15) is 0 Å². The number of amides is 2. The Bertz CT molecular complexity index is 770. The molecule has 0 unspecified atom stereocenters. The number of phenolic OH excluding ortho intramolecular Hbond substituents is 1. The lowest BCUT2D eigenvalue weighted by Crippen LogP contribution is -2.54. The number of fused-ring (bicyclic) bond motifs is 2. The highest BCUT2D eigenvalue weighted by Gasteiger charge is 2.56. The SMILES string of the molecule is CC(C)(C(=O)N1C[C@@H]2C[C@H]1CN2C(=O)[C@H]1CC1(C)C)c1cccc(O)c1. The lowest BCUT2D eigenvalue weighted by atomic mass is 9.82. The van der Waals surface area contributed by atoms with Crippen LogP contribution in [0.3, 0.4) is 0 Å². The summed E-state index contributed by atoms with van der Waals surface area (Å²) >= 11 is 0. The van der Waals surface area contributed by atoms with Gasteiger partial charge in [-0.3, -0.25) is 9.59 Å². The molecule has 5 heteroatoms. The first-order valence-corrected chi connectivity index (χ1v) is 9.52. The predicted octanol–water partition coefficient (Wildman–Crippen LogP) is 2.53. The summed E-state index contributed by atoms with van der Waals surface area (Å²) in [7, 11) is 0. The zero-order valence-electron chi connectivity index (χ0n) is 16.0. The Morgan fingerprint density at radius 2 is 1.77 bits per heavy atom. The van der Waals surface area contributed by atoms with Crippen molar-refractivity contribution in [3.8, 4) is 5.75 Å². The van der Waals surface area contributed by atoms with Crippen molar-refractivity contribution in [3.63, 3.8) is 0 Å². The number of hydrogen-bond donors (Lipinski definition) is 1. The number of phenols is 1. The third kappa shape index (κ3) is 2.60. The molecule has 1 N–H and O–H groups in total. The fraction of sp³-hybridized carbons (Fsp3) is 0.619. The minimum atomic E-state index is -0.698. The van der Waals surface area contributed by atoms with Gasteiger partial charge in [0.05, 0.1) is 17.5 Å². The topological polar surface area (TPSA) is 60.9 Å². The molecule has 2 bridgehead atoms. The van der Waals surface area contributed by atoms with Crippen molar-refractivity contribution in [2.45, 2.75) is 58.0 Å². The maximum absolute atomic E-state index is 13.2. The van der Waals surface area contributed by atoms with E-state index < -0.39 is 5.41 Å². The number of carbonyl (C=O) groups excluding carboxylic acids is 2. The van der Waals surface area contributed by atoms with Crippen LogP contribution in [0.2, 0.25) is 0 Å². The molecular weight excluding hydrogens is 328 g/mol. The van der Waals surface area contributed by atoms with Crippen molar-refractivity contribution < 1.29 is 14.7 Å². The molecule has 3 aliphatic rings. The van der Waals surface area contributed by atoms with Crippen molar-refractivity contribution in [2.75, 3.05) is 13.1 Å². The van der Waals surface area contributed by atoms with Crippen LogP contribution in [-0.4, -0.2) is 51.9 Å². The number of aromatic hydroxyl groups is 1. The van der Waals surface area contributed by atoms with Gasteiger partial charge in [-0.15, -0.1) is 0 Å². The summed E-state index contributed by atoms with van der Waals surface area (Å²) in [5.74, 6) is 0.696. The molecule has 0 radical (unpaired) electrons. The second-order valence-corrected chi connectivity index (χ2v) is 9.41. The van der Waals surface area contributed by atoms with Gasteiger partial charge in [0.1, 0.15) is 5.75 Å². The molecule has 5 nitrogen and oxygen atoms in total. The van der Waals surface area contributed by atoms with Crippen molar-refractivity contribution in [2.24, 2.45) is 11.3 Å². The molecule has 1 aromatic carbocycles. The highest BCUT2D eigenvalue weighted by molar-refractivity contribution is 5.89. The molecule has 2 amide bonds. The van der Waals surface area contributed by atoms with E-state index in [-0.39, 0.29) is 41.0 Å². The van der Waals surface area contributed by atoms with E-state index in [1.54, 1.807) is 18.2 Å². The van der Waals surface area contributed by atoms with Crippen LogP contribution in [0.15, 0.2) is 24.3 Å². The fourth-order valence-corrected chi connectivity index (χ4v) is 4.65. The summed E-state index contributed by atoms with van der Waals surface area (Å²) < 4.78 is 0. The molecule has 1 aliphatic carbocycles. The average Bonchev–Trinajstić information content (AvgIpc) is 2.94. The number of piperazine rings is 1. The van der Waals surface area contributed by atoms with Crippen molar-refractivity contribution in [3.05, 3.63) is 29.8 Å². The number of hydrogen-bond acceptors (Lipinski definition) is 3. The van der Waals surface area contributed by atoms with E-state index in [0.717, 1.165) is 18.4 Å². The number of nitrogens with zero attached hydrogens (tertiary/aromatic N) is 2. The van der Waals surface area contributed by atoms with E-state index in [1.807, 2.05) is 29.7 Å². The van der Waals surface area contributed by atoms with Crippen LogP contribution in [0.4, 0.5) is 0 Å². The Morgan fingerprint density at radius 1 is 1.15 bits per heavy atom. The van der Waals surface area contributed by atoms with Gasteiger partial charge in [-0.25, -0.2) is 0 Å². The Balaban J connectivity index is 1.47. The van der Waals surface area contributed by atoms with Gasteiger partial charge >= 0.3 is 0 Å². The average molecular weight is 356 g/mol. The zero-order chi connectivity index (χ0) is 18.9. The van der Waals surface area contributed by atoms with Gasteiger partial charge in [-0.05, 0) is 49.8 Å². The summed E-state index contributed by atoms with van der Waals surface area (Å²) in [6.45, 7) is 9.41. The minimum absolute atomic E-state index is 0.0782. The Hall–Kier alpha value is -2.04. The normalized spacial score (nSPS) is 29.2. The van der Waals surface area contributed by atoms with Crippen LogP contribution in [0.25, 0.3) is 0 Å². The number of likely N-dealkylation sites (tertiary alicyclic amines) is 2. The van der Waals surface area contributed by atoms with Crippen LogP contribution in [-0.2, 0) is 15.0 Å². The summed E-state index contributed by atoms with van der Waals surface area (Å²) in [4.78, 5) is 30.0. The Morgan fingerprint density at radius 3 is 2.31 bits per heavy atom. The molecule has 2 saturated heterocycles. The van der Waals surface area contributed by atoms with Gasteiger partial charge < -0.3 is 14.9 Å². The third-order valence-electron chi connectivity index (χ3n) is 6.70. The van der Waals surface area contributed by atoms with Crippen LogP contribution >= 0.6 is 0 Å². The second-order valence-electron chi connectivity index (χ2n) is 9.41. The molecule has 1 saturated carbocycles. The summed E-state index contributed by atoms with van der Waals surface area (Å²) in [6.07, 6.45) is 1.87. The van der Waals surface area contributed by atoms with E-state index in [9.17, 15) is 14.7 Å². The second kappa shape index (κ2) is 5.48. The molecule has 3 fully saturated rings. The molecule has 26 heavy (non-hydrogen) atoms. The summed E-state index contributed by atoms with van der Waals surface area (Å²) in [5, 5.41) is 9.76. The van der Waals surface area contributed by atoms with Crippen LogP contribution in [0.5, 0.6) is 5.75 Å². The van der Waals surface area contributed by atoms with Crippen LogP contribution in [0.1, 0.15) is 46.1 Å². The van der Waals surface area contributed by atoms with E-state index in [4.69, 9.17) is 0 Å². The lowest BCUT2D eigenvalue weighted by molar-refractivity contribution is -0.143. The van der Waals surface area contributed by atoms with Crippen molar-refractivity contribution >= 4 is 11.8 Å². The molecule has 0 aromatic heterocycles. The quantitative estimate of drug-likeness (QED) is 0.905. The van der Waals surface area contributed by atoms with E-state index in [0.29, 0.717) is 13.1 Å². The maximum Gasteiger partial charge on any atom is 0.233 e. The lowest BCUT2D eigenvalue weighted by Gasteiger charge is -2.38. The Labute approximate surface area is 155 Å². The van der Waals surface area contributed by atoms with E-state index in [1.165, 1.54) is 0 Å². The highest BCUT2D eigenvalue weighted by atomic mass is 16.3. The minimum Gasteiger partial charge on any atom is -0.508 e. The molecule has 0 spiro atoms. The first-order valence-electron chi connectivity index (χ1n) is 9.52. The molecule has 4 rings (SSSR count). The van der Waals surface area contributed by atoms with Gasteiger partial charge in [0.15, 0.2) is 0 Å². The largest absolute Gasteiger partial charge is 0.508 e.